The Hall–Kier alpha value is -0.0500. The summed E-state index contributed by atoms with van der Waals surface area (Å²) < 4.78 is 0. The van der Waals surface area contributed by atoms with Crippen LogP contribution >= 0.6 is 15.9 Å². The van der Waals surface area contributed by atoms with E-state index < -0.39 is 0 Å². The van der Waals surface area contributed by atoms with Crippen LogP contribution in [0.5, 0.6) is 0 Å². The van der Waals surface area contributed by atoms with Crippen molar-refractivity contribution in [3.8, 4) is 0 Å². The van der Waals surface area contributed by atoms with Gasteiger partial charge in [0.05, 0.1) is 0 Å². The zero-order chi connectivity index (χ0) is 11.1. The van der Waals surface area contributed by atoms with Gasteiger partial charge < -0.3 is 5.32 Å². The number of carbonyl (C=O) groups is 1. The number of amides is 1. The van der Waals surface area contributed by atoms with E-state index in [4.69, 9.17) is 0 Å². The molecule has 0 atom stereocenters. The minimum absolute atomic E-state index is 0.211. The van der Waals surface area contributed by atoms with Crippen LogP contribution < -0.4 is 5.32 Å². The third-order valence-electron chi connectivity index (χ3n) is 3.34. The molecule has 0 heterocycles. The van der Waals surface area contributed by atoms with E-state index in [0.717, 1.165) is 18.3 Å². The molecule has 0 aliphatic heterocycles. The molecule has 1 rings (SSSR count). The maximum absolute atomic E-state index is 11.4. The highest BCUT2D eigenvalue weighted by atomic mass is 79.9. The highest BCUT2D eigenvalue weighted by molar-refractivity contribution is 9.09. The summed E-state index contributed by atoms with van der Waals surface area (Å²) in [6.07, 6.45) is 8.10. The fraction of sp³-hybridized carbons (Fsp3) is 0.917. The fourth-order valence-electron chi connectivity index (χ4n) is 2.26. The van der Waals surface area contributed by atoms with Gasteiger partial charge in [-0.15, -0.1) is 0 Å². The van der Waals surface area contributed by atoms with E-state index in [0.29, 0.717) is 11.8 Å². The Labute approximate surface area is 101 Å². The highest BCUT2D eigenvalue weighted by Crippen LogP contribution is 2.37. The minimum atomic E-state index is 0.211. The normalized spacial score (nSPS) is 19.9. The summed E-state index contributed by atoms with van der Waals surface area (Å²) in [6.45, 7) is 2.90. The average molecular weight is 276 g/mol. The topological polar surface area (TPSA) is 29.1 Å². The Morgan fingerprint density at radius 1 is 1.33 bits per heavy atom. The predicted octanol–water partition coefficient (Wildman–Crippen LogP) is 3.25. The average Bonchev–Trinajstić information content (AvgIpc) is 2.28. The molecule has 0 unspecified atom stereocenters. The van der Waals surface area contributed by atoms with Crippen molar-refractivity contribution in [2.75, 3.05) is 11.9 Å². The van der Waals surface area contributed by atoms with Crippen LogP contribution in [0.4, 0.5) is 0 Å². The molecule has 0 aromatic rings. The summed E-state index contributed by atoms with van der Waals surface area (Å²) in [7, 11) is 0. The molecule has 0 bridgehead atoms. The molecule has 0 spiro atoms. The monoisotopic (exact) mass is 275 g/mol. The van der Waals surface area contributed by atoms with Gasteiger partial charge in [0, 0.05) is 18.3 Å². The summed E-state index contributed by atoms with van der Waals surface area (Å²) in [5.74, 6) is 0.211. The molecule has 1 aliphatic carbocycles. The van der Waals surface area contributed by atoms with Gasteiger partial charge in [0.25, 0.3) is 0 Å². The van der Waals surface area contributed by atoms with Gasteiger partial charge in [-0.25, -0.2) is 0 Å². The third kappa shape index (κ3) is 4.13. The van der Waals surface area contributed by atoms with Gasteiger partial charge in [0.1, 0.15) is 0 Å². The lowest BCUT2D eigenvalue weighted by molar-refractivity contribution is -0.121. The molecule has 88 valence electrons. The van der Waals surface area contributed by atoms with Gasteiger partial charge in [-0.3, -0.25) is 4.79 Å². The molecule has 0 radical (unpaired) electrons. The van der Waals surface area contributed by atoms with Crippen LogP contribution in [0.2, 0.25) is 0 Å². The van der Waals surface area contributed by atoms with Crippen LogP contribution in [-0.2, 0) is 4.79 Å². The Balaban J connectivity index is 2.35. The molecule has 15 heavy (non-hydrogen) atoms. The van der Waals surface area contributed by atoms with E-state index in [-0.39, 0.29) is 5.91 Å². The number of hydrogen-bond acceptors (Lipinski definition) is 1. The molecule has 0 aromatic carbocycles. The first-order valence-electron chi connectivity index (χ1n) is 6.05. The molecule has 1 aliphatic rings. The number of nitrogens with one attached hydrogen (secondary N) is 1. The standard InChI is InChI=1S/C12H22BrNO/c1-2-6-11(15)14-10-12(9-13)7-4-3-5-8-12/h2-10H2,1H3,(H,14,15). The zero-order valence-electron chi connectivity index (χ0n) is 9.65. The van der Waals surface area contributed by atoms with Crippen LogP contribution in [0.15, 0.2) is 0 Å². The molecular weight excluding hydrogens is 254 g/mol. The van der Waals surface area contributed by atoms with E-state index in [1.807, 2.05) is 6.92 Å². The minimum Gasteiger partial charge on any atom is -0.356 e. The molecule has 1 amide bonds. The van der Waals surface area contributed by atoms with Gasteiger partial charge in [-0.1, -0.05) is 42.1 Å². The van der Waals surface area contributed by atoms with Gasteiger partial charge in [-0.05, 0) is 24.7 Å². The summed E-state index contributed by atoms with van der Waals surface area (Å²) in [5, 5.41) is 4.10. The van der Waals surface area contributed by atoms with Gasteiger partial charge in [0.15, 0.2) is 0 Å². The SMILES string of the molecule is CCCC(=O)NCC1(CBr)CCCCC1. The Bertz CT molecular complexity index is 200. The second kappa shape index (κ2) is 6.51. The van der Waals surface area contributed by atoms with E-state index >= 15 is 0 Å². The Morgan fingerprint density at radius 3 is 2.53 bits per heavy atom. The first kappa shape index (κ1) is 13.0. The van der Waals surface area contributed by atoms with Crippen molar-refractivity contribution in [1.82, 2.24) is 5.32 Å². The van der Waals surface area contributed by atoms with E-state index in [2.05, 4.69) is 21.2 Å². The predicted molar refractivity (Wildman–Crippen MR) is 67.2 cm³/mol. The number of carbonyl (C=O) groups excluding carboxylic acids is 1. The molecular formula is C12H22BrNO. The lowest BCUT2D eigenvalue weighted by Gasteiger charge is -2.35. The first-order valence-corrected chi connectivity index (χ1v) is 7.17. The second-order valence-corrected chi connectivity index (χ2v) is 5.28. The highest BCUT2D eigenvalue weighted by Gasteiger charge is 2.30. The van der Waals surface area contributed by atoms with Crippen LogP contribution in [0, 0.1) is 5.41 Å². The van der Waals surface area contributed by atoms with Crippen LogP contribution in [0.25, 0.3) is 0 Å². The van der Waals surface area contributed by atoms with E-state index in [9.17, 15) is 4.79 Å². The van der Waals surface area contributed by atoms with E-state index in [1.165, 1.54) is 32.1 Å². The Morgan fingerprint density at radius 2 is 2.00 bits per heavy atom. The van der Waals surface area contributed by atoms with Crippen molar-refractivity contribution in [3.63, 3.8) is 0 Å². The fourth-order valence-corrected chi connectivity index (χ4v) is 3.02. The Kier molecular flexibility index (Phi) is 5.65. The second-order valence-electron chi connectivity index (χ2n) is 4.72. The molecule has 1 fully saturated rings. The smallest absolute Gasteiger partial charge is 0.220 e. The zero-order valence-corrected chi connectivity index (χ0v) is 11.2. The molecule has 3 heteroatoms. The lowest BCUT2D eigenvalue weighted by atomic mass is 9.75. The molecule has 1 saturated carbocycles. The summed E-state index contributed by atoms with van der Waals surface area (Å²) in [5.41, 5.74) is 0.335. The third-order valence-corrected chi connectivity index (χ3v) is 4.52. The maximum Gasteiger partial charge on any atom is 0.220 e. The first-order chi connectivity index (χ1) is 7.22. The van der Waals surface area contributed by atoms with Crippen molar-refractivity contribution in [2.45, 2.75) is 51.9 Å². The van der Waals surface area contributed by atoms with Crippen molar-refractivity contribution in [2.24, 2.45) is 5.41 Å². The van der Waals surface area contributed by atoms with Gasteiger partial charge in [0.2, 0.25) is 5.91 Å². The lowest BCUT2D eigenvalue weighted by Crippen LogP contribution is -2.40. The van der Waals surface area contributed by atoms with Crippen molar-refractivity contribution in [3.05, 3.63) is 0 Å². The number of alkyl halides is 1. The number of rotatable bonds is 5. The van der Waals surface area contributed by atoms with Crippen LogP contribution in [0.1, 0.15) is 51.9 Å². The van der Waals surface area contributed by atoms with Crippen LogP contribution in [0.3, 0.4) is 0 Å². The van der Waals surface area contributed by atoms with Crippen LogP contribution in [-0.4, -0.2) is 17.8 Å². The number of halogens is 1. The molecule has 1 N–H and O–H groups in total. The number of hydrogen-bond donors (Lipinski definition) is 1. The molecule has 2 nitrogen and oxygen atoms in total. The van der Waals surface area contributed by atoms with Gasteiger partial charge in [-0.2, -0.15) is 0 Å². The largest absolute Gasteiger partial charge is 0.356 e. The quantitative estimate of drug-likeness (QED) is 0.767. The van der Waals surface area contributed by atoms with Crippen molar-refractivity contribution in [1.29, 1.82) is 0 Å². The maximum atomic E-state index is 11.4. The van der Waals surface area contributed by atoms with E-state index in [1.54, 1.807) is 0 Å². The van der Waals surface area contributed by atoms with Gasteiger partial charge >= 0.3 is 0 Å². The molecule has 0 aromatic heterocycles. The summed E-state index contributed by atoms with van der Waals surface area (Å²) in [4.78, 5) is 11.4. The van der Waals surface area contributed by atoms with Crippen molar-refractivity contribution < 1.29 is 4.79 Å². The summed E-state index contributed by atoms with van der Waals surface area (Å²) in [6, 6.07) is 0. The molecule has 0 saturated heterocycles. The summed E-state index contributed by atoms with van der Waals surface area (Å²) >= 11 is 3.61. The van der Waals surface area contributed by atoms with Crippen molar-refractivity contribution >= 4 is 21.8 Å².